The van der Waals surface area contributed by atoms with Crippen molar-refractivity contribution in [1.82, 2.24) is 5.32 Å². The highest BCUT2D eigenvalue weighted by Gasteiger charge is 2.44. The molecule has 0 aliphatic carbocycles. The highest BCUT2D eigenvalue weighted by Crippen LogP contribution is 2.24. The second-order valence-corrected chi connectivity index (χ2v) is 21.9. The molecule has 7 unspecified atom stereocenters. The van der Waals surface area contributed by atoms with Gasteiger partial charge in [-0.25, -0.2) is 0 Å². The topological polar surface area (TPSA) is 149 Å². The van der Waals surface area contributed by atoms with E-state index in [1.54, 1.807) is 0 Å². The summed E-state index contributed by atoms with van der Waals surface area (Å²) in [7, 11) is 0. The lowest BCUT2D eigenvalue weighted by Crippen LogP contribution is -2.60. The number of hydrogen-bond acceptors (Lipinski definition) is 8. The molecule has 6 N–H and O–H groups in total. The second-order valence-electron chi connectivity index (χ2n) is 21.9. The Balaban J connectivity index is 2.16. The molecular weight excluding hydrogens is 863 g/mol. The van der Waals surface area contributed by atoms with E-state index in [9.17, 15) is 30.3 Å². The molecule has 7 atom stereocenters. The summed E-state index contributed by atoms with van der Waals surface area (Å²) < 4.78 is 11.3. The van der Waals surface area contributed by atoms with Gasteiger partial charge in [-0.05, 0) is 12.8 Å². The molecule has 0 bridgehead atoms. The van der Waals surface area contributed by atoms with Crippen LogP contribution in [0.5, 0.6) is 0 Å². The highest BCUT2D eigenvalue weighted by atomic mass is 16.7. The highest BCUT2D eigenvalue weighted by molar-refractivity contribution is 5.76. The van der Waals surface area contributed by atoms with Gasteiger partial charge in [-0.15, -0.1) is 0 Å². The van der Waals surface area contributed by atoms with E-state index in [-0.39, 0.29) is 12.5 Å². The van der Waals surface area contributed by atoms with Crippen LogP contribution in [-0.4, -0.2) is 87.5 Å². The fourth-order valence-electron chi connectivity index (χ4n) is 10.3. The number of amides is 1. The van der Waals surface area contributed by atoms with E-state index in [0.717, 1.165) is 38.5 Å². The minimum atomic E-state index is -1.55. The normalized spacial score (nSPS) is 19.3. The summed E-state index contributed by atoms with van der Waals surface area (Å²) in [6.07, 6.45) is 54.2. The van der Waals surface area contributed by atoms with Crippen molar-refractivity contribution in [1.29, 1.82) is 0 Å². The Morgan fingerprint density at radius 3 is 1.03 bits per heavy atom. The predicted molar refractivity (Wildman–Crippen MR) is 291 cm³/mol. The van der Waals surface area contributed by atoms with E-state index in [1.165, 1.54) is 257 Å². The summed E-state index contributed by atoms with van der Waals surface area (Å²) in [4.78, 5) is 13.1. The van der Waals surface area contributed by atoms with Crippen molar-refractivity contribution in [3.63, 3.8) is 0 Å². The molecule has 0 saturated carbocycles. The van der Waals surface area contributed by atoms with Crippen LogP contribution in [0.1, 0.15) is 322 Å². The quantitative estimate of drug-likeness (QED) is 0.0330. The van der Waals surface area contributed by atoms with Gasteiger partial charge in [-0.2, -0.15) is 0 Å². The molecule has 0 aromatic carbocycles. The van der Waals surface area contributed by atoms with Gasteiger partial charge < -0.3 is 40.3 Å². The standard InChI is InChI=1S/C60H119NO8/c1-3-5-7-9-11-13-15-17-19-21-23-25-27-28-29-31-33-35-37-39-41-43-45-47-49-54(63)53(52-68-60-59(67)58(66)57(65)55(51-62)69-60)61-56(64)50-48-46-44-42-40-38-36-34-32-30-26-24-22-20-18-16-14-12-10-8-6-4-2/h53-55,57-60,62-63,65-67H,3-52H2,1-2H3,(H,61,64). The first-order chi connectivity index (χ1) is 33.8. The third-order valence-electron chi connectivity index (χ3n) is 15.2. The Morgan fingerprint density at radius 1 is 0.435 bits per heavy atom. The first kappa shape index (κ1) is 66.2. The molecule has 0 aromatic heterocycles. The van der Waals surface area contributed by atoms with Crippen LogP contribution in [0.25, 0.3) is 0 Å². The van der Waals surface area contributed by atoms with E-state index < -0.39 is 49.5 Å². The molecule has 1 fully saturated rings. The second kappa shape index (κ2) is 50.7. The Bertz CT molecular complexity index is 1050. The number of aliphatic hydroxyl groups excluding tert-OH is 5. The van der Waals surface area contributed by atoms with Gasteiger partial charge in [0, 0.05) is 6.42 Å². The van der Waals surface area contributed by atoms with E-state index in [4.69, 9.17) is 9.47 Å². The van der Waals surface area contributed by atoms with E-state index >= 15 is 0 Å². The average Bonchev–Trinajstić information content (AvgIpc) is 3.35. The van der Waals surface area contributed by atoms with Crippen molar-refractivity contribution in [2.24, 2.45) is 0 Å². The molecule has 9 nitrogen and oxygen atoms in total. The Hall–Kier alpha value is -0.810. The van der Waals surface area contributed by atoms with Crippen molar-refractivity contribution in [3.05, 3.63) is 0 Å². The molecule has 9 heteroatoms. The lowest BCUT2D eigenvalue weighted by molar-refractivity contribution is -0.302. The summed E-state index contributed by atoms with van der Waals surface area (Å²) >= 11 is 0. The van der Waals surface area contributed by atoms with Crippen molar-refractivity contribution < 1.29 is 39.8 Å². The number of carbonyl (C=O) groups is 1. The largest absolute Gasteiger partial charge is 0.394 e. The number of rotatable bonds is 54. The summed E-state index contributed by atoms with van der Waals surface area (Å²) in [5, 5.41) is 54.8. The van der Waals surface area contributed by atoms with Crippen LogP contribution in [0, 0.1) is 0 Å². The van der Waals surface area contributed by atoms with Gasteiger partial charge in [0.15, 0.2) is 6.29 Å². The van der Waals surface area contributed by atoms with Crippen molar-refractivity contribution in [3.8, 4) is 0 Å². The number of aliphatic hydroxyl groups is 5. The monoisotopic (exact) mass is 982 g/mol. The van der Waals surface area contributed by atoms with E-state index in [0.29, 0.717) is 12.8 Å². The number of ether oxygens (including phenoxy) is 2. The third kappa shape index (κ3) is 40.3. The van der Waals surface area contributed by atoms with Crippen LogP contribution in [0.4, 0.5) is 0 Å². The first-order valence-corrected chi connectivity index (χ1v) is 30.7. The van der Waals surface area contributed by atoms with E-state index in [1.807, 2.05) is 0 Å². The summed E-state index contributed by atoms with van der Waals surface area (Å²) in [6, 6.07) is -0.714. The molecule has 1 saturated heterocycles. The van der Waals surface area contributed by atoms with Gasteiger partial charge in [0.2, 0.25) is 5.91 Å². The fraction of sp³-hybridized carbons (Fsp3) is 0.983. The zero-order valence-corrected chi connectivity index (χ0v) is 45.9. The van der Waals surface area contributed by atoms with Crippen LogP contribution in [0.15, 0.2) is 0 Å². The molecular formula is C60H119NO8. The van der Waals surface area contributed by atoms with Crippen LogP contribution in [0.3, 0.4) is 0 Å². The van der Waals surface area contributed by atoms with Crippen molar-refractivity contribution in [2.75, 3.05) is 13.2 Å². The number of carbonyl (C=O) groups excluding carboxylic acids is 1. The van der Waals surface area contributed by atoms with Crippen molar-refractivity contribution >= 4 is 5.91 Å². The zero-order chi connectivity index (χ0) is 50.1. The molecule has 1 aliphatic heterocycles. The lowest BCUT2D eigenvalue weighted by atomic mass is 9.99. The molecule has 1 amide bonds. The Morgan fingerprint density at radius 2 is 0.725 bits per heavy atom. The van der Waals surface area contributed by atoms with Crippen LogP contribution >= 0.6 is 0 Å². The van der Waals surface area contributed by atoms with Gasteiger partial charge >= 0.3 is 0 Å². The maximum Gasteiger partial charge on any atom is 0.220 e. The molecule has 412 valence electrons. The first-order valence-electron chi connectivity index (χ1n) is 30.7. The minimum Gasteiger partial charge on any atom is -0.394 e. The number of hydrogen-bond donors (Lipinski definition) is 6. The molecule has 0 aromatic rings. The van der Waals surface area contributed by atoms with E-state index in [2.05, 4.69) is 19.2 Å². The lowest BCUT2D eigenvalue weighted by Gasteiger charge is -2.40. The summed E-state index contributed by atoms with van der Waals surface area (Å²) in [5.74, 6) is -0.135. The molecule has 1 aliphatic rings. The number of unbranched alkanes of at least 4 members (excludes halogenated alkanes) is 44. The van der Waals surface area contributed by atoms with Crippen LogP contribution in [0.2, 0.25) is 0 Å². The van der Waals surface area contributed by atoms with Crippen LogP contribution in [-0.2, 0) is 14.3 Å². The maximum atomic E-state index is 13.1. The molecule has 0 radical (unpaired) electrons. The molecule has 69 heavy (non-hydrogen) atoms. The minimum absolute atomic E-state index is 0.131. The van der Waals surface area contributed by atoms with Crippen LogP contribution < -0.4 is 5.32 Å². The molecule has 1 heterocycles. The predicted octanol–water partition coefficient (Wildman–Crippen LogP) is 15.4. The van der Waals surface area contributed by atoms with Gasteiger partial charge in [-0.1, -0.05) is 303 Å². The average molecular weight is 983 g/mol. The van der Waals surface area contributed by atoms with Gasteiger partial charge in [-0.3, -0.25) is 4.79 Å². The third-order valence-corrected chi connectivity index (χ3v) is 15.2. The Kier molecular flexibility index (Phi) is 48.7. The Labute approximate surface area is 427 Å². The SMILES string of the molecule is CCCCCCCCCCCCCCCCCCCCCCCCCCC(O)C(COC1OC(CO)C(O)C(O)C1O)NC(=O)CCCCCCCCCCCCCCCCCCCCCCCC. The molecule has 1 rings (SSSR count). The van der Waals surface area contributed by atoms with Crippen molar-refractivity contribution in [2.45, 2.75) is 365 Å². The zero-order valence-electron chi connectivity index (χ0n) is 45.9. The number of nitrogens with one attached hydrogen (secondary N) is 1. The van der Waals surface area contributed by atoms with Gasteiger partial charge in [0.25, 0.3) is 0 Å². The van der Waals surface area contributed by atoms with Gasteiger partial charge in [0.1, 0.15) is 24.4 Å². The molecule has 0 spiro atoms. The fourth-order valence-corrected chi connectivity index (χ4v) is 10.3. The smallest absolute Gasteiger partial charge is 0.220 e. The van der Waals surface area contributed by atoms with Gasteiger partial charge in [0.05, 0.1) is 25.4 Å². The summed E-state index contributed by atoms with van der Waals surface area (Å²) in [5.41, 5.74) is 0. The maximum absolute atomic E-state index is 13.1. The summed E-state index contributed by atoms with van der Waals surface area (Å²) in [6.45, 7) is 3.90.